The van der Waals surface area contributed by atoms with Crippen LogP contribution in [0.5, 0.6) is 0 Å². The van der Waals surface area contributed by atoms with Gasteiger partial charge in [0.15, 0.2) is 0 Å². The molecular weight excluding hydrogens is 502 g/mol. The maximum Gasteiger partial charge on any atom is 0.261 e. The molecule has 4 atom stereocenters. The monoisotopic (exact) mass is 541 g/mol. The van der Waals surface area contributed by atoms with E-state index in [4.69, 9.17) is 14.6 Å². The lowest BCUT2D eigenvalue weighted by molar-refractivity contribution is 0.0597. The number of aliphatic hydroxyl groups is 1. The fourth-order valence-corrected chi connectivity index (χ4v) is 5.45. The predicted octanol–water partition coefficient (Wildman–Crippen LogP) is 5.75. The summed E-state index contributed by atoms with van der Waals surface area (Å²) >= 11 is 0. The zero-order chi connectivity index (χ0) is 28.2. The van der Waals surface area contributed by atoms with Crippen LogP contribution in [0.3, 0.4) is 0 Å². The van der Waals surface area contributed by atoms with Crippen molar-refractivity contribution in [3.05, 3.63) is 107 Å². The highest BCUT2D eigenvalue weighted by Gasteiger charge is 2.53. The molecule has 0 saturated heterocycles. The molecule has 6 rings (SSSR count). The van der Waals surface area contributed by atoms with E-state index in [1.807, 2.05) is 48.5 Å². The van der Waals surface area contributed by atoms with E-state index >= 15 is 0 Å². The molecular formula is C34H39NO5. The number of carbonyl (C=O) groups excluding carboxylic acids is 2. The van der Waals surface area contributed by atoms with E-state index < -0.39 is 0 Å². The summed E-state index contributed by atoms with van der Waals surface area (Å²) in [7, 11) is 0. The number of benzene rings is 3. The number of fused-ring (bicyclic) bond motifs is 1. The number of nitrogens with zero attached hydrogens (tertiary/aromatic N) is 1. The second-order valence-electron chi connectivity index (χ2n) is 12.0. The van der Waals surface area contributed by atoms with Crippen LogP contribution < -0.4 is 0 Å². The van der Waals surface area contributed by atoms with Gasteiger partial charge in [-0.1, -0.05) is 86.6 Å². The Hall–Kier alpha value is -3.32. The lowest BCUT2D eigenvalue weighted by Crippen LogP contribution is -2.35. The SMILES string of the molecule is C[C@@]1(CN2C(=O)c3ccccc3C2=O)C[C@@H]1COCc1ccccc1.C[C@@]1(CO)C[C@@H]1COCc1ccccc1. The molecule has 0 unspecified atom stereocenters. The van der Waals surface area contributed by atoms with E-state index in [-0.39, 0.29) is 29.3 Å². The van der Waals surface area contributed by atoms with Crippen LogP contribution >= 0.6 is 0 Å². The molecule has 0 radical (unpaired) electrons. The molecule has 3 aromatic rings. The summed E-state index contributed by atoms with van der Waals surface area (Å²) in [6.45, 7) is 7.71. The first-order valence-electron chi connectivity index (χ1n) is 14.1. The summed E-state index contributed by atoms with van der Waals surface area (Å²) in [5.74, 6) is 0.599. The Balaban J connectivity index is 0.000000184. The van der Waals surface area contributed by atoms with Crippen molar-refractivity contribution in [2.24, 2.45) is 22.7 Å². The Morgan fingerprint density at radius 3 is 1.57 bits per heavy atom. The molecule has 2 fully saturated rings. The fraction of sp³-hybridized carbons (Fsp3) is 0.412. The van der Waals surface area contributed by atoms with Gasteiger partial charge in [0.2, 0.25) is 0 Å². The quantitative estimate of drug-likeness (QED) is 0.313. The lowest BCUT2D eigenvalue weighted by Gasteiger charge is -2.20. The van der Waals surface area contributed by atoms with E-state index in [0.29, 0.717) is 49.3 Å². The summed E-state index contributed by atoms with van der Waals surface area (Å²) in [4.78, 5) is 26.4. The zero-order valence-corrected chi connectivity index (χ0v) is 23.4. The highest BCUT2D eigenvalue weighted by molar-refractivity contribution is 6.21. The van der Waals surface area contributed by atoms with Crippen molar-refractivity contribution in [3.63, 3.8) is 0 Å². The maximum absolute atomic E-state index is 12.5. The second-order valence-corrected chi connectivity index (χ2v) is 12.0. The van der Waals surface area contributed by atoms with Crippen LogP contribution in [0.2, 0.25) is 0 Å². The van der Waals surface area contributed by atoms with Gasteiger partial charge < -0.3 is 14.6 Å². The van der Waals surface area contributed by atoms with Crippen LogP contribution in [-0.2, 0) is 22.7 Å². The van der Waals surface area contributed by atoms with E-state index in [9.17, 15) is 9.59 Å². The van der Waals surface area contributed by atoms with Crippen molar-refractivity contribution >= 4 is 11.8 Å². The van der Waals surface area contributed by atoms with Crippen molar-refractivity contribution in [2.75, 3.05) is 26.4 Å². The third kappa shape index (κ3) is 6.52. The third-order valence-electron chi connectivity index (χ3n) is 8.70. The minimum absolute atomic E-state index is 0.0376. The molecule has 2 amide bonds. The first-order chi connectivity index (χ1) is 19.3. The van der Waals surface area contributed by atoms with E-state index in [2.05, 4.69) is 26.0 Å². The van der Waals surface area contributed by atoms with Gasteiger partial charge in [0, 0.05) is 13.2 Å². The van der Waals surface area contributed by atoms with Gasteiger partial charge in [-0.15, -0.1) is 0 Å². The number of carbonyl (C=O) groups is 2. The summed E-state index contributed by atoms with van der Waals surface area (Å²) in [5.41, 5.74) is 3.51. The smallest absolute Gasteiger partial charge is 0.261 e. The third-order valence-corrected chi connectivity index (χ3v) is 8.70. The van der Waals surface area contributed by atoms with Gasteiger partial charge in [0.1, 0.15) is 0 Å². The van der Waals surface area contributed by atoms with E-state index in [1.54, 1.807) is 24.3 Å². The molecule has 3 aliphatic rings. The minimum atomic E-state index is -0.169. The molecule has 0 bridgehead atoms. The summed E-state index contributed by atoms with van der Waals surface area (Å²) in [6.07, 6.45) is 2.08. The standard InChI is InChI=1S/C21H21NO3.C13H18O2/c1-21(11-16(21)13-25-12-15-7-3-2-4-8-15)14-22-19(23)17-9-5-6-10-18(17)20(22)24;1-13(10-14)7-12(13)9-15-8-11-5-3-2-4-6-11/h2-10,16H,11-14H2,1H3;2-6,12,14H,7-10H2,1H3/t16-,21+;12-,13+/m11/s1. The van der Waals surface area contributed by atoms with Crippen LogP contribution in [0.15, 0.2) is 84.9 Å². The molecule has 1 heterocycles. The summed E-state index contributed by atoms with van der Waals surface area (Å²) in [5, 5.41) is 9.10. The number of hydrogen-bond acceptors (Lipinski definition) is 5. The fourth-order valence-electron chi connectivity index (χ4n) is 5.45. The molecule has 6 nitrogen and oxygen atoms in total. The van der Waals surface area contributed by atoms with Gasteiger partial charge in [-0.3, -0.25) is 14.5 Å². The van der Waals surface area contributed by atoms with Crippen LogP contribution in [0.1, 0.15) is 58.5 Å². The zero-order valence-electron chi connectivity index (χ0n) is 23.4. The van der Waals surface area contributed by atoms with Gasteiger partial charge in [0.25, 0.3) is 11.8 Å². The first kappa shape index (κ1) is 28.2. The molecule has 1 aliphatic heterocycles. The van der Waals surface area contributed by atoms with Gasteiger partial charge in [-0.25, -0.2) is 0 Å². The van der Waals surface area contributed by atoms with Crippen molar-refractivity contribution in [2.45, 2.75) is 39.9 Å². The molecule has 6 heteroatoms. The molecule has 0 aromatic heterocycles. The molecule has 2 saturated carbocycles. The highest BCUT2D eigenvalue weighted by atomic mass is 16.5. The Bertz CT molecular complexity index is 1280. The lowest BCUT2D eigenvalue weighted by atomic mass is 10.1. The number of rotatable bonds is 11. The topological polar surface area (TPSA) is 76.1 Å². The van der Waals surface area contributed by atoms with Gasteiger partial charge in [0.05, 0.1) is 37.6 Å². The van der Waals surface area contributed by atoms with Gasteiger partial charge in [-0.05, 0) is 58.8 Å². The number of ether oxygens (including phenoxy) is 2. The molecule has 0 spiro atoms. The Morgan fingerprint density at radius 2 is 1.12 bits per heavy atom. The molecule has 3 aromatic carbocycles. The van der Waals surface area contributed by atoms with Gasteiger partial charge >= 0.3 is 0 Å². The summed E-state index contributed by atoms with van der Waals surface area (Å²) < 4.78 is 11.5. The minimum Gasteiger partial charge on any atom is -0.396 e. The number of aliphatic hydroxyl groups excluding tert-OH is 1. The van der Waals surface area contributed by atoms with Crippen LogP contribution in [-0.4, -0.2) is 48.2 Å². The van der Waals surface area contributed by atoms with Crippen molar-refractivity contribution < 1.29 is 24.2 Å². The molecule has 210 valence electrons. The van der Waals surface area contributed by atoms with E-state index in [1.165, 1.54) is 10.5 Å². The maximum atomic E-state index is 12.5. The summed E-state index contributed by atoms with van der Waals surface area (Å²) in [6, 6.07) is 27.3. The molecule has 40 heavy (non-hydrogen) atoms. The normalized spacial score (nSPS) is 26.2. The van der Waals surface area contributed by atoms with Gasteiger partial charge in [-0.2, -0.15) is 0 Å². The van der Waals surface area contributed by atoms with Crippen LogP contribution in [0.25, 0.3) is 0 Å². The van der Waals surface area contributed by atoms with Crippen LogP contribution in [0, 0.1) is 22.7 Å². The largest absolute Gasteiger partial charge is 0.396 e. The Kier molecular flexibility index (Phi) is 8.50. The number of amides is 2. The first-order valence-corrected chi connectivity index (χ1v) is 14.1. The molecule has 2 aliphatic carbocycles. The van der Waals surface area contributed by atoms with Crippen molar-refractivity contribution in [1.82, 2.24) is 4.90 Å². The van der Waals surface area contributed by atoms with Crippen LogP contribution in [0.4, 0.5) is 0 Å². The predicted molar refractivity (Wildman–Crippen MR) is 154 cm³/mol. The molecule has 1 N–H and O–H groups in total. The second kappa shape index (κ2) is 12.0. The number of hydrogen-bond donors (Lipinski definition) is 1. The highest BCUT2D eigenvalue weighted by Crippen LogP contribution is 2.53. The number of imide groups is 1. The average Bonchev–Trinajstić information content (AvgIpc) is 3.83. The average molecular weight is 542 g/mol. The Morgan fingerprint density at radius 1 is 0.700 bits per heavy atom. The van der Waals surface area contributed by atoms with Crippen molar-refractivity contribution in [1.29, 1.82) is 0 Å². The van der Waals surface area contributed by atoms with E-state index in [0.717, 1.165) is 25.0 Å². The van der Waals surface area contributed by atoms with Crippen molar-refractivity contribution in [3.8, 4) is 0 Å². The Labute approximate surface area is 236 Å².